The fraction of sp³-hybridized carbons (Fsp3) is 0.650. The minimum absolute atomic E-state index is 0.0270. The summed E-state index contributed by atoms with van der Waals surface area (Å²) in [6, 6.07) is 8.62. The molecular formula is C20H23F2O5S-. The van der Waals surface area contributed by atoms with Gasteiger partial charge in [0.25, 0.3) is 0 Å². The Bertz CT molecular complexity index is 725. The minimum atomic E-state index is -3.98. The average molecular weight is 413 g/mol. The number of alkyl halides is 2. The highest BCUT2D eigenvalue weighted by Crippen LogP contribution is 2.65. The van der Waals surface area contributed by atoms with E-state index in [2.05, 4.69) is 40.6 Å². The van der Waals surface area contributed by atoms with Crippen molar-refractivity contribution in [1.82, 2.24) is 0 Å². The van der Waals surface area contributed by atoms with Gasteiger partial charge in [0.15, 0.2) is 0 Å². The third-order valence-electron chi connectivity index (χ3n) is 6.76. The molecule has 1 aromatic carbocycles. The standard InChI is InChI=1S/C20H24F2O5S/c1-13-2-4-16(5-3-13)19-9-14-6-15(10-19)8-18(7-14,11-19)12-25-17(23)20(21,22)28-27-26-24/h2-5,14-15,24H,6-12H2,1H3/p-1. The Hall–Kier alpha value is -1.22. The summed E-state index contributed by atoms with van der Waals surface area (Å²) in [6.07, 6.45) is 6.06. The smallest absolute Gasteiger partial charge is 0.415 e. The van der Waals surface area contributed by atoms with E-state index in [4.69, 9.17) is 4.74 Å². The van der Waals surface area contributed by atoms with Crippen molar-refractivity contribution in [2.75, 3.05) is 6.61 Å². The van der Waals surface area contributed by atoms with E-state index in [-0.39, 0.29) is 17.4 Å². The quantitative estimate of drug-likeness (QED) is 0.293. The Kier molecular flexibility index (Phi) is 5.18. The van der Waals surface area contributed by atoms with Crippen LogP contribution in [-0.4, -0.2) is 17.8 Å². The fourth-order valence-corrected chi connectivity index (χ4v) is 6.50. The molecule has 154 valence electrons. The summed E-state index contributed by atoms with van der Waals surface area (Å²) in [5.74, 6) is -0.628. The van der Waals surface area contributed by atoms with Gasteiger partial charge < -0.3 is 9.99 Å². The van der Waals surface area contributed by atoms with Crippen molar-refractivity contribution in [3.8, 4) is 0 Å². The van der Waals surface area contributed by atoms with Crippen LogP contribution in [0, 0.1) is 24.2 Å². The van der Waals surface area contributed by atoms with Crippen LogP contribution < -0.4 is 5.26 Å². The van der Waals surface area contributed by atoms with Crippen LogP contribution in [0.2, 0.25) is 0 Å². The van der Waals surface area contributed by atoms with Crippen molar-refractivity contribution in [1.29, 1.82) is 0 Å². The van der Waals surface area contributed by atoms with Crippen molar-refractivity contribution >= 4 is 18.0 Å². The zero-order valence-electron chi connectivity index (χ0n) is 15.6. The predicted octanol–water partition coefficient (Wildman–Crippen LogP) is 3.84. The van der Waals surface area contributed by atoms with Crippen molar-refractivity contribution in [3.05, 3.63) is 35.4 Å². The van der Waals surface area contributed by atoms with Gasteiger partial charge in [-0.3, -0.25) is 5.04 Å². The Balaban J connectivity index is 1.50. The second-order valence-electron chi connectivity index (χ2n) is 8.92. The summed E-state index contributed by atoms with van der Waals surface area (Å²) in [4.78, 5) is 11.8. The Morgan fingerprint density at radius 1 is 1.21 bits per heavy atom. The minimum Gasteiger partial charge on any atom is -0.691 e. The number of benzene rings is 1. The molecule has 0 spiro atoms. The molecule has 4 fully saturated rings. The van der Waals surface area contributed by atoms with Crippen LogP contribution in [0.3, 0.4) is 0 Å². The molecule has 1 aromatic rings. The Labute approximate surface area is 166 Å². The van der Waals surface area contributed by atoms with E-state index in [1.165, 1.54) is 17.5 Å². The van der Waals surface area contributed by atoms with Crippen LogP contribution >= 0.6 is 12.0 Å². The molecule has 4 bridgehead atoms. The number of ether oxygens (including phenoxy) is 1. The molecule has 2 atom stereocenters. The van der Waals surface area contributed by atoms with E-state index in [1.807, 2.05) is 0 Å². The van der Waals surface area contributed by atoms with Gasteiger partial charge in [0.05, 0.1) is 6.61 Å². The number of hydrogen-bond acceptors (Lipinski definition) is 6. The second kappa shape index (κ2) is 7.23. The fourth-order valence-electron chi connectivity index (χ4n) is 6.26. The molecule has 0 aliphatic heterocycles. The largest absolute Gasteiger partial charge is 0.691 e. The van der Waals surface area contributed by atoms with Gasteiger partial charge in [0.2, 0.25) is 0 Å². The third kappa shape index (κ3) is 3.67. The maximum atomic E-state index is 13.7. The molecule has 2 unspecified atom stereocenters. The van der Waals surface area contributed by atoms with Crippen LogP contribution in [0.5, 0.6) is 0 Å². The molecule has 5 rings (SSSR count). The Morgan fingerprint density at radius 3 is 2.46 bits per heavy atom. The van der Waals surface area contributed by atoms with Crippen LogP contribution in [0.15, 0.2) is 24.3 Å². The van der Waals surface area contributed by atoms with Gasteiger partial charge in [-0.1, -0.05) is 29.8 Å². The van der Waals surface area contributed by atoms with Crippen molar-refractivity contribution in [2.45, 2.75) is 56.1 Å². The number of hydrogen-bond donors (Lipinski definition) is 0. The first-order chi connectivity index (χ1) is 13.3. The lowest BCUT2D eigenvalue weighted by Crippen LogP contribution is -2.55. The van der Waals surface area contributed by atoms with E-state index >= 15 is 0 Å². The molecule has 0 saturated heterocycles. The molecular weight excluding hydrogens is 390 g/mol. The van der Waals surface area contributed by atoms with Gasteiger partial charge in [-0.15, -0.1) is 0 Å². The van der Waals surface area contributed by atoms with Gasteiger partial charge >= 0.3 is 11.2 Å². The first kappa shape index (κ1) is 20.1. The molecule has 28 heavy (non-hydrogen) atoms. The highest BCUT2D eigenvalue weighted by Gasteiger charge is 2.59. The van der Waals surface area contributed by atoms with Crippen molar-refractivity contribution in [3.63, 3.8) is 0 Å². The molecule has 4 aliphatic carbocycles. The zero-order valence-corrected chi connectivity index (χ0v) is 16.4. The average Bonchev–Trinajstić information content (AvgIpc) is 2.64. The maximum Gasteiger partial charge on any atom is 0.415 e. The molecule has 8 heteroatoms. The molecule has 0 amide bonds. The highest BCUT2D eigenvalue weighted by molar-refractivity contribution is 7.96. The van der Waals surface area contributed by atoms with Gasteiger partial charge in [-0.2, -0.15) is 13.1 Å². The van der Waals surface area contributed by atoms with E-state index in [9.17, 15) is 18.8 Å². The predicted molar refractivity (Wildman–Crippen MR) is 95.6 cm³/mol. The first-order valence-electron chi connectivity index (χ1n) is 9.52. The number of carbonyl (C=O) groups is 1. The molecule has 0 aromatic heterocycles. The number of rotatable bonds is 7. The number of esters is 1. The third-order valence-corrected chi connectivity index (χ3v) is 7.26. The Morgan fingerprint density at radius 2 is 1.86 bits per heavy atom. The van der Waals surface area contributed by atoms with Crippen LogP contribution in [0.25, 0.3) is 0 Å². The van der Waals surface area contributed by atoms with E-state index < -0.39 is 23.3 Å². The van der Waals surface area contributed by atoms with Crippen molar-refractivity contribution < 1.29 is 32.9 Å². The SMILES string of the molecule is Cc1ccc(C23CC4CC(CC(COC(=O)C(F)(F)SOO[O-])(C4)C2)C3)cc1. The summed E-state index contributed by atoms with van der Waals surface area (Å²) >= 11 is -0.641. The summed E-state index contributed by atoms with van der Waals surface area (Å²) in [6.45, 7) is 2.03. The summed E-state index contributed by atoms with van der Waals surface area (Å²) in [7, 11) is 0. The maximum absolute atomic E-state index is 13.7. The lowest BCUT2D eigenvalue weighted by atomic mass is 9.43. The van der Waals surface area contributed by atoms with E-state index in [1.54, 1.807) is 0 Å². The van der Waals surface area contributed by atoms with Gasteiger partial charge in [-0.25, -0.2) is 4.79 Å². The molecule has 0 heterocycles. The second-order valence-corrected chi connectivity index (χ2v) is 9.74. The number of halogens is 2. The topological polar surface area (TPSA) is 67.8 Å². The van der Waals surface area contributed by atoms with Crippen molar-refractivity contribution in [2.24, 2.45) is 17.3 Å². The normalized spacial score (nSPS) is 33.9. The molecule has 4 saturated carbocycles. The monoisotopic (exact) mass is 413 g/mol. The number of carbonyl (C=O) groups excluding carboxylic acids is 1. The molecule has 4 aliphatic rings. The van der Waals surface area contributed by atoms with E-state index in [0.29, 0.717) is 11.8 Å². The van der Waals surface area contributed by atoms with Gasteiger partial charge in [-0.05, 0) is 68.3 Å². The van der Waals surface area contributed by atoms with Crippen LogP contribution in [0.1, 0.15) is 49.7 Å². The van der Waals surface area contributed by atoms with Gasteiger partial charge in [0, 0.05) is 5.41 Å². The first-order valence-corrected chi connectivity index (χ1v) is 10.3. The summed E-state index contributed by atoms with van der Waals surface area (Å²) < 4.78 is 36.0. The van der Waals surface area contributed by atoms with Crippen LogP contribution in [0.4, 0.5) is 8.78 Å². The van der Waals surface area contributed by atoms with Gasteiger partial charge in [0.1, 0.15) is 12.0 Å². The van der Waals surface area contributed by atoms with Crippen LogP contribution in [-0.2, 0) is 24.3 Å². The van der Waals surface area contributed by atoms with E-state index in [0.717, 1.165) is 32.1 Å². The zero-order chi connectivity index (χ0) is 20.0. The summed E-state index contributed by atoms with van der Waals surface area (Å²) in [5.41, 5.74) is 2.30. The molecule has 5 nitrogen and oxygen atoms in total. The highest BCUT2D eigenvalue weighted by atomic mass is 32.2. The molecule has 0 N–H and O–H groups in total. The number of aryl methyl sites for hydroxylation is 1. The lowest BCUT2D eigenvalue weighted by molar-refractivity contribution is -0.777. The molecule has 0 radical (unpaired) electrons. The summed E-state index contributed by atoms with van der Waals surface area (Å²) in [5, 5.41) is 8.67. The lowest BCUT2D eigenvalue weighted by Gasteiger charge is -2.62.